The maximum absolute atomic E-state index is 11.6. The summed E-state index contributed by atoms with van der Waals surface area (Å²) in [6, 6.07) is 5.47. The van der Waals surface area contributed by atoms with Crippen molar-refractivity contribution in [1.29, 1.82) is 0 Å². The molecular weight excluding hydrogens is 304 g/mol. The second kappa shape index (κ2) is 5.74. The topological polar surface area (TPSA) is 41.1 Å². The van der Waals surface area contributed by atoms with E-state index in [0.29, 0.717) is 5.02 Å². The van der Waals surface area contributed by atoms with E-state index in [-0.39, 0.29) is 18.0 Å². The quantitative estimate of drug-likeness (QED) is 0.896. The van der Waals surface area contributed by atoms with Gasteiger partial charge < -0.3 is 10.6 Å². The number of rotatable bonds is 3. The van der Waals surface area contributed by atoms with Crippen molar-refractivity contribution >= 4 is 39.1 Å². The molecule has 2 N–H and O–H groups in total. The highest BCUT2D eigenvalue weighted by molar-refractivity contribution is 9.10. The molecule has 1 rings (SSSR count). The van der Waals surface area contributed by atoms with Gasteiger partial charge in [0.2, 0.25) is 5.91 Å². The van der Waals surface area contributed by atoms with Crippen LogP contribution in [-0.2, 0) is 4.79 Å². The fourth-order valence-corrected chi connectivity index (χ4v) is 1.68. The summed E-state index contributed by atoms with van der Waals surface area (Å²) in [4.78, 5) is 11.6. The van der Waals surface area contributed by atoms with Crippen molar-refractivity contribution in [2.45, 2.75) is 26.3 Å². The first-order chi connectivity index (χ1) is 7.78. The van der Waals surface area contributed by atoms with Crippen LogP contribution in [0.4, 0.5) is 5.69 Å². The van der Waals surface area contributed by atoms with Crippen LogP contribution in [0.5, 0.6) is 0 Å². The summed E-state index contributed by atoms with van der Waals surface area (Å²) in [5.74, 6) is -0.0449. The minimum absolute atomic E-state index is 0.0449. The van der Waals surface area contributed by atoms with E-state index < -0.39 is 0 Å². The second-order valence-electron chi connectivity index (χ2n) is 4.78. The zero-order chi connectivity index (χ0) is 13.1. The van der Waals surface area contributed by atoms with Gasteiger partial charge in [-0.1, -0.05) is 11.6 Å². The Bertz CT molecular complexity index is 415. The number of carbonyl (C=O) groups is 1. The van der Waals surface area contributed by atoms with Gasteiger partial charge in [-0.15, -0.1) is 0 Å². The van der Waals surface area contributed by atoms with Crippen LogP contribution in [0.2, 0.25) is 5.02 Å². The summed E-state index contributed by atoms with van der Waals surface area (Å²) in [5, 5.41) is 6.51. The number of amides is 1. The van der Waals surface area contributed by atoms with Gasteiger partial charge in [-0.2, -0.15) is 0 Å². The number of hydrogen-bond acceptors (Lipinski definition) is 2. The lowest BCUT2D eigenvalue weighted by molar-refractivity contribution is -0.120. The Morgan fingerprint density at radius 3 is 2.59 bits per heavy atom. The van der Waals surface area contributed by atoms with Crippen molar-refractivity contribution in [2.24, 2.45) is 0 Å². The first kappa shape index (κ1) is 14.3. The molecule has 5 heteroatoms. The van der Waals surface area contributed by atoms with E-state index in [9.17, 15) is 4.79 Å². The lowest BCUT2D eigenvalue weighted by Crippen LogP contribution is -2.43. The van der Waals surface area contributed by atoms with Crippen molar-refractivity contribution in [1.82, 2.24) is 5.32 Å². The lowest BCUT2D eigenvalue weighted by Gasteiger charge is -2.20. The van der Waals surface area contributed by atoms with E-state index in [4.69, 9.17) is 11.6 Å². The molecule has 0 saturated heterocycles. The Kier molecular flexibility index (Phi) is 4.83. The van der Waals surface area contributed by atoms with Crippen molar-refractivity contribution < 1.29 is 4.79 Å². The van der Waals surface area contributed by atoms with Gasteiger partial charge in [0.25, 0.3) is 0 Å². The number of nitrogens with one attached hydrogen (secondary N) is 2. The largest absolute Gasteiger partial charge is 0.376 e. The number of carbonyl (C=O) groups excluding carboxylic acids is 1. The number of halogens is 2. The molecule has 0 unspecified atom stereocenters. The second-order valence-corrected chi connectivity index (χ2v) is 6.04. The average Bonchev–Trinajstić information content (AvgIpc) is 2.17. The Morgan fingerprint density at radius 2 is 2.06 bits per heavy atom. The number of hydrogen-bond donors (Lipinski definition) is 2. The van der Waals surface area contributed by atoms with Gasteiger partial charge in [0.05, 0.1) is 11.6 Å². The van der Waals surface area contributed by atoms with Crippen LogP contribution < -0.4 is 10.6 Å². The maximum Gasteiger partial charge on any atom is 0.239 e. The number of anilines is 1. The minimum Gasteiger partial charge on any atom is -0.376 e. The van der Waals surface area contributed by atoms with Gasteiger partial charge in [-0.25, -0.2) is 0 Å². The Balaban J connectivity index is 2.50. The van der Waals surface area contributed by atoms with Gasteiger partial charge in [-0.05, 0) is 54.9 Å². The molecule has 17 heavy (non-hydrogen) atoms. The van der Waals surface area contributed by atoms with Crippen LogP contribution >= 0.6 is 27.5 Å². The highest BCUT2D eigenvalue weighted by Crippen LogP contribution is 2.25. The van der Waals surface area contributed by atoms with E-state index in [1.165, 1.54) is 0 Å². The summed E-state index contributed by atoms with van der Waals surface area (Å²) in [6.07, 6.45) is 0. The van der Waals surface area contributed by atoms with Crippen molar-refractivity contribution in [3.63, 3.8) is 0 Å². The molecule has 0 aliphatic heterocycles. The van der Waals surface area contributed by atoms with Gasteiger partial charge in [-0.3, -0.25) is 4.79 Å². The zero-order valence-corrected chi connectivity index (χ0v) is 12.4. The third-order valence-electron chi connectivity index (χ3n) is 1.89. The number of benzene rings is 1. The molecule has 3 nitrogen and oxygen atoms in total. The smallest absolute Gasteiger partial charge is 0.239 e. The van der Waals surface area contributed by atoms with Crippen LogP contribution in [0, 0.1) is 0 Å². The maximum atomic E-state index is 11.6. The van der Waals surface area contributed by atoms with E-state index in [1.807, 2.05) is 32.9 Å². The molecule has 0 aromatic heterocycles. The summed E-state index contributed by atoms with van der Waals surface area (Å²) >= 11 is 9.26. The predicted molar refractivity (Wildman–Crippen MR) is 75.5 cm³/mol. The van der Waals surface area contributed by atoms with Crippen LogP contribution in [0.1, 0.15) is 20.8 Å². The van der Waals surface area contributed by atoms with Crippen LogP contribution in [0.3, 0.4) is 0 Å². The molecule has 94 valence electrons. The summed E-state index contributed by atoms with van der Waals surface area (Å²) < 4.78 is 0.837. The van der Waals surface area contributed by atoms with Crippen molar-refractivity contribution in [2.75, 3.05) is 11.9 Å². The molecule has 1 aromatic rings. The Hall–Kier alpha value is -0.740. The van der Waals surface area contributed by atoms with E-state index in [0.717, 1.165) is 10.2 Å². The van der Waals surface area contributed by atoms with Crippen LogP contribution in [0.25, 0.3) is 0 Å². The van der Waals surface area contributed by atoms with Gasteiger partial charge in [0.15, 0.2) is 0 Å². The molecule has 1 aromatic carbocycles. The molecular formula is C12H16BrClN2O. The Morgan fingerprint density at radius 1 is 1.41 bits per heavy atom. The average molecular weight is 320 g/mol. The molecule has 0 aliphatic carbocycles. The molecule has 0 saturated carbocycles. The molecule has 0 bridgehead atoms. The summed E-state index contributed by atoms with van der Waals surface area (Å²) in [7, 11) is 0. The normalized spacial score (nSPS) is 11.1. The lowest BCUT2D eigenvalue weighted by atomic mass is 10.1. The molecule has 0 radical (unpaired) electrons. The van der Waals surface area contributed by atoms with E-state index >= 15 is 0 Å². The van der Waals surface area contributed by atoms with Crippen molar-refractivity contribution in [3.05, 3.63) is 27.7 Å². The Labute approximate surface area is 115 Å². The molecule has 0 spiro atoms. The third-order valence-corrected chi connectivity index (χ3v) is 3.12. The summed E-state index contributed by atoms with van der Waals surface area (Å²) in [6.45, 7) is 6.07. The van der Waals surface area contributed by atoms with Crippen LogP contribution in [-0.4, -0.2) is 18.0 Å². The monoisotopic (exact) mass is 318 g/mol. The molecule has 0 fully saturated rings. The van der Waals surface area contributed by atoms with E-state index in [2.05, 4.69) is 26.6 Å². The van der Waals surface area contributed by atoms with E-state index in [1.54, 1.807) is 6.07 Å². The standard InChI is InChI=1S/C12H16BrClN2O/c1-12(2,3)16-11(17)7-15-8-4-5-9(13)10(14)6-8/h4-6,15H,7H2,1-3H3,(H,16,17). The third kappa shape index (κ3) is 5.41. The van der Waals surface area contributed by atoms with Crippen LogP contribution in [0.15, 0.2) is 22.7 Å². The van der Waals surface area contributed by atoms with Crippen molar-refractivity contribution in [3.8, 4) is 0 Å². The first-order valence-electron chi connectivity index (χ1n) is 5.28. The SMILES string of the molecule is CC(C)(C)NC(=O)CNc1ccc(Br)c(Cl)c1. The van der Waals surface area contributed by atoms with Gasteiger partial charge >= 0.3 is 0 Å². The summed E-state index contributed by atoms with van der Waals surface area (Å²) in [5.41, 5.74) is 0.609. The zero-order valence-electron chi connectivity index (χ0n) is 10.1. The fraction of sp³-hybridized carbons (Fsp3) is 0.417. The van der Waals surface area contributed by atoms with Gasteiger partial charge in [0.1, 0.15) is 0 Å². The minimum atomic E-state index is -0.212. The molecule has 0 heterocycles. The highest BCUT2D eigenvalue weighted by atomic mass is 79.9. The first-order valence-corrected chi connectivity index (χ1v) is 6.45. The van der Waals surface area contributed by atoms with Gasteiger partial charge in [0, 0.05) is 15.7 Å². The highest BCUT2D eigenvalue weighted by Gasteiger charge is 2.13. The molecule has 1 amide bonds. The fourth-order valence-electron chi connectivity index (χ4n) is 1.25. The predicted octanol–water partition coefficient (Wildman–Crippen LogP) is 3.43. The molecule has 0 aliphatic rings. The molecule has 0 atom stereocenters.